The van der Waals surface area contributed by atoms with E-state index in [-0.39, 0.29) is 17.3 Å². The molecule has 0 aliphatic carbocycles. The van der Waals surface area contributed by atoms with Crippen LogP contribution in [0.5, 0.6) is 11.5 Å². The van der Waals surface area contributed by atoms with Gasteiger partial charge in [0, 0.05) is 11.3 Å². The molecule has 4 rings (SSSR count). The second-order valence-electron chi connectivity index (χ2n) is 7.84. The van der Waals surface area contributed by atoms with Crippen LogP contribution in [-0.4, -0.2) is 35.1 Å². The molecule has 0 saturated carbocycles. The highest BCUT2D eigenvalue weighted by molar-refractivity contribution is 14.1. The number of rotatable bonds is 9. The molecule has 1 heterocycles. The van der Waals surface area contributed by atoms with Crippen molar-refractivity contribution in [3.63, 3.8) is 0 Å². The zero-order valence-electron chi connectivity index (χ0n) is 19.7. The van der Waals surface area contributed by atoms with Crippen molar-refractivity contribution in [3.05, 3.63) is 92.1 Å². The lowest BCUT2D eigenvalue weighted by atomic mass is 10.2. The Morgan fingerprint density at radius 1 is 1.08 bits per heavy atom. The molecule has 0 aromatic heterocycles. The van der Waals surface area contributed by atoms with Crippen LogP contribution >= 0.6 is 34.4 Å². The molecule has 190 valence electrons. The number of nitrogens with zero attached hydrogens (tertiary/aromatic N) is 1. The summed E-state index contributed by atoms with van der Waals surface area (Å²) in [5, 5.41) is 2.16. The van der Waals surface area contributed by atoms with E-state index in [9.17, 15) is 18.8 Å². The first kappa shape index (κ1) is 26.7. The summed E-state index contributed by atoms with van der Waals surface area (Å²) in [6.45, 7) is 2.10. The van der Waals surface area contributed by atoms with Crippen molar-refractivity contribution < 1.29 is 28.2 Å². The lowest BCUT2D eigenvalue weighted by Gasteiger charge is -2.13. The van der Waals surface area contributed by atoms with Gasteiger partial charge in [-0.2, -0.15) is 0 Å². The Kier molecular flexibility index (Phi) is 8.82. The molecule has 1 aliphatic heterocycles. The van der Waals surface area contributed by atoms with Crippen LogP contribution in [0.1, 0.15) is 18.1 Å². The molecule has 0 atom stereocenters. The highest BCUT2D eigenvalue weighted by Gasteiger charge is 2.36. The summed E-state index contributed by atoms with van der Waals surface area (Å²) >= 11 is 2.87. The van der Waals surface area contributed by atoms with Gasteiger partial charge in [0.2, 0.25) is 5.91 Å². The number of benzene rings is 3. The van der Waals surface area contributed by atoms with Gasteiger partial charge in [-0.3, -0.25) is 19.3 Å². The molecule has 37 heavy (non-hydrogen) atoms. The number of carbonyl (C=O) groups is 3. The van der Waals surface area contributed by atoms with Gasteiger partial charge in [0.1, 0.15) is 30.5 Å². The number of ether oxygens (including phenoxy) is 2. The molecule has 3 aromatic rings. The van der Waals surface area contributed by atoms with Crippen molar-refractivity contribution in [1.82, 2.24) is 4.90 Å². The zero-order valence-corrected chi connectivity index (χ0v) is 22.7. The first-order chi connectivity index (χ1) is 17.8. The van der Waals surface area contributed by atoms with Gasteiger partial charge in [-0.05, 0) is 95.4 Å². The van der Waals surface area contributed by atoms with Gasteiger partial charge < -0.3 is 14.8 Å². The van der Waals surface area contributed by atoms with E-state index in [2.05, 4.69) is 27.9 Å². The molecule has 1 N–H and O–H groups in total. The average molecular weight is 632 g/mol. The van der Waals surface area contributed by atoms with E-state index < -0.39 is 23.6 Å². The predicted molar refractivity (Wildman–Crippen MR) is 149 cm³/mol. The van der Waals surface area contributed by atoms with Crippen LogP contribution in [0.2, 0.25) is 0 Å². The number of hydrogen-bond acceptors (Lipinski definition) is 6. The van der Waals surface area contributed by atoms with E-state index in [1.165, 1.54) is 6.07 Å². The van der Waals surface area contributed by atoms with E-state index in [4.69, 9.17) is 9.47 Å². The molecule has 3 aromatic carbocycles. The van der Waals surface area contributed by atoms with Gasteiger partial charge in [-0.25, -0.2) is 4.39 Å². The van der Waals surface area contributed by atoms with E-state index in [1.54, 1.807) is 66.7 Å². The summed E-state index contributed by atoms with van der Waals surface area (Å²) in [7, 11) is 0. The van der Waals surface area contributed by atoms with E-state index in [1.807, 2.05) is 6.92 Å². The second kappa shape index (κ2) is 12.2. The van der Waals surface area contributed by atoms with Crippen LogP contribution in [0.4, 0.5) is 14.9 Å². The van der Waals surface area contributed by atoms with E-state index in [0.717, 1.165) is 20.2 Å². The van der Waals surface area contributed by atoms with Crippen LogP contribution in [0, 0.1) is 9.39 Å². The Morgan fingerprint density at radius 3 is 2.54 bits per heavy atom. The van der Waals surface area contributed by atoms with Crippen LogP contribution < -0.4 is 14.8 Å². The van der Waals surface area contributed by atoms with Crippen molar-refractivity contribution in [2.75, 3.05) is 18.5 Å². The van der Waals surface area contributed by atoms with Gasteiger partial charge in [0.05, 0.1) is 15.1 Å². The van der Waals surface area contributed by atoms with Crippen LogP contribution in [0.3, 0.4) is 0 Å². The largest absolute Gasteiger partial charge is 0.494 e. The standard InChI is InChI=1S/C27H22FIN2O5S/c1-2-35-20-10-8-19(9-11-20)30-25(32)15-31-26(33)24(37-27(31)34)14-17-7-12-23(22(29)13-17)36-16-18-5-3-4-6-21(18)28/h3-14H,2,15-16H2,1H3,(H,30,32)/b24-14+. The fraction of sp³-hybridized carbons (Fsp3) is 0.148. The molecular weight excluding hydrogens is 610 g/mol. The quantitative estimate of drug-likeness (QED) is 0.227. The highest BCUT2D eigenvalue weighted by Crippen LogP contribution is 2.33. The third-order valence-corrected chi connectivity index (χ3v) is 6.97. The Balaban J connectivity index is 1.37. The van der Waals surface area contributed by atoms with E-state index >= 15 is 0 Å². The lowest BCUT2D eigenvalue weighted by molar-refractivity contribution is -0.127. The van der Waals surface area contributed by atoms with Gasteiger partial charge in [-0.1, -0.05) is 24.3 Å². The predicted octanol–water partition coefficient (Wildman–Crippen LogP) is 6.08. The Bertz CT molecular complexity index is 1360. The highest BCUT2D eigenvalue weighted by atomic mass is 127. The van der Waals surface area contributed by atoms with Gasteiger partial charge in [-0.15, -0.1) is 0 Å². The molecule has 0 radical (unpaired) electrons. The minimum Gasteiger partial charge on any atom is -0.494 e. The summed E-state index contributed by atoms with van der Waals surface area (Å²) in [5.41, 5.74) is 1.66. The Hall–Kier alpha value is -3.38. The first-order valence-electron chi connectivity index (χ1n) is 11.3. The molecule has 1 aliphatic rings. The molecule has 3 amide bonds. The summed E-state index contributed by atoms with van der Waals surface area (Å²) in [6.07, 6.45) is 1.60. The number of hydrogen-bond donors (Lipinski definition) is 1. The maximum absolute atomic E-state index is 13.8. The van der Waals surface area contributed by atoms with Crippen LogP contribution in [-0.2, 0) is 16.2 Å². The molecule has 0 unspecified atom stereocenters. The minimum atomic E-state index is -0.535. The number of thioether (sulfide) groups is 1. The van der Waals surface area contributed by atoms with Crippen molar-refractivity contribution in [2.45, 2.75) is 13.5 Å². The SMILES string of the molecule is CCOc1ccc(NC(=O)CN2C(=O)S/C(=C/c3ccc(OCc4ccccc4F)c(I)c3)C2=O)cc1. The van der Waals surface area contributed by atoms with E-state index in [0.29, 0.717) is 34.9 Å². The monoisotopic (exact) mass is 632 g/mol. The van der Waals surface area contributed by atoms with Crippen molar-refractivity contribution in [2.24, 2.45) is 0 Å². The molecule has 7 nitrogen and oxygen atoms in total. The zero-order chi connectivity index (χ0) is 26.4. The summed E-state index contributed by atoms with van der Waals surface area (Å²) in [5.74, 6) is -0.112. The number of anilines is 1. The first-order valence-corrected chi connectivity index (χ1v) is 13.2. The lowest BCUT2D eigenvalue weighted by Crippen LogP contribution is -2.36. The number of nitrogens with one attached hydrogen (secondary N) is 1. The molecule has 0 bridgehead atoms. The van der Waals surface area contributed by atoms with Gasteiger partial charge in [0.15, 0.2) is 0 Å². The summed E-state index contributed by atoms with van der Waals surface area (Å²) in [4.78, 5) is 38.8. The molecule has 1 fully saturated rings. The second-order valence-corrected chi connectivity index (χ2v) is 10.00. The number of carbonyl (C=O) groups excluding carboxylic acids is 3. The normalized spacial score (nSPS) is 14.2. The van der Waals surface area contributed by atoms with Gasteiger partial charge in [0.25, 0.3) is 11.1 Å². The third kappa shape index (κ3) is 6.89. The fourth-order valence-electron chi connectivity index (χ4n) is 3.43. The molecule has 0 spiro atoms. The van der Waals surface area contributed by atoms with Crippen molar-refractivity contribution in [3.8, 4) is 11.5 Å². The molecule has 10 heteroatoms. The topological polar surface area (TPSA) is 84.9 Å². The number of amides is 3. The maximum atomic E-state index is 13.8. The molecule has 1 saturated heterocycles. The van der Waals surface area contributed by atoms with Crippen molar-refractivity contribution >= 4 is 63.2 Å². The van der Waals surface area contributed by atoms with Crippen LogP contribution in [0.15, 0.2) is 71.6 Å². The third-order valence-electron chi connectivity index (χ3n) is 5.22. The van der Waals surface area contributed by atoms with Crippen LogP contribution in [0.25, 0.3) is 6.08 Å². The number of halogens is 2. The van der Waals surface area contributed by atoms with Crippen molar-refractivity contribution in [1.29, 1.82) is 0 Å². The summed E-state index contributed by atoms with van der Waals surface area (Å²) in [6, 6.07) is 18.5. The van der Waals surface area contributed by atoms with Gasteiger partial charge >= 0.3 is 0 Å². The Morgan fingerprint density at radius 2 is 1.84 bits per heavy atom. The smallest absolute Gasteiger partial charge is 0.294 e. The summed E-state index contributed by atoms with van der Waals surface area (Å²) < 4.78 is 25.7. The maximum Gasteiger partial charge on any atom is 0.294 e. The number of imide groups is 1. The fourth-order valence-corrected chi connectivity index (χ4v) is 4.96. The minimum absolute atomic E-state index is 0.0830. The Labute approximate surface area is 231 Å². The molecular formula is C27H22FIN2O5S. The average Bonchev–Trinajstić information content (AvgIpc) is 3.13.